The van der Waals surface area contributed by atoms with Crippen LogP contribution >= 0.6 is 0 Å². The zero-order valence-electron chi connectivity index (χ0n) is 16.3. The number of fused-ring (bicyclic) bond motifs is 1. The van der Waals surface area contributed by atoms with E-state index in [2.05, 4.69) is 10.8 Å². The molecule has 0 spiro atoms. The van der Waals surface area contributed by atoms with Crippen LogP contribution in [-0.2, 0) is 27.7 Å². The van der Waals surface area contributed by atoms with Gasteiger partial charge < -0.3 is 4.90 Å². The molecule has 1 amide bonds. The molecule has 0 unspecified atom stereocenters. The van der Waals surface area contributed by atoms with Gasteiger partial charge in [-0.1, -0.05) is 29.8 Å². The fourth-order valence-electron chi connectivity index (χ4n) is 3.92. The molecule has 0 bridgehead atoms. The van der Waals surface area contributed by atoms with Crippen molar-refractivity contribution in [2.75, 3.05) is 11.4 Å². The molecule has 1 fully saturated rings. The highest BCUT2D eigenvalue weighted by Gasteiger charge is 2.39. The number of nitrogens with one attached hydrogen (secondary N) is 1. The molecule has 1 heterocycles. The summed E-state index contributed by atoms with van der Waals surface area (Å²) in [6.07, 6.45) is 3.27. The average Bonchev–Trinajstić information content (AvgIpc) is 3.43. The fraction of sp³-hybridized carbons (Fsp3) is 0.409. The van der Waals surface area contributed by atoms with Gasteiger partial charge in [0.1, 0.15) is 0 Å². The number of benzene rings is 2. The molecule has 0 radical (unpaired) electrons. The van der Waals surface area contributed by atoms with Crippen molar-refractivity contribution >= 4 is 21.6 Å². The molecule has 0 aromatic heterocycles. The van der Waals surface area contributed by atoms with Crippen molar-refractivity contribution in [3.8, 4) is 0 Å². The monoisotopic (exact) mass is 398 g/mol. The summed E-state index contributed by atoms with van der Waals surface area (Å²) in [7, 11) is -3.57. The Hall–Kier alpha value is -2.18. The Morgan fingerprint density at radius 3 is 2.68 bits per heavy atom. The molecule has 1 aliphatic carbocycles. The van der Waals surface area contributed by atoms with Crippen molar-refractivity contribution in [1.82, 2.24) is 4.72 Å². The third-order valence-electron chi connectivity index (χ3n) is 5.53. The number of carbonyl (C=O) groups excluding carboxylic acids is 1. The molecule has 148 valence electrons. The standard InChI is InChI=1S/C22H26N2O3S/c1-15-4-3-5-17(12-15)10-11-23-28(26,27)20-8-9-21-19(14-20)13-16(2)24(21)22(25)18-6-7-18/h3-5,8-9,12,14,16,18,23H,6-7,10-11,13H2,1-2H3/t16-/m1/s1. The highest BCUT2D eigenvalue weighted by Crippen LogP contribution is 2.39. The third kappa shape index (κ3) is 3.84. The second kappa shape index (κ2) is 7.33. The van der Waals surface area contributed by atoms with Gasteiger partial charge in [-0.25, -0.2) is 13.1 Å². The van der Waals surface area contributed by atoms with Crippen molar-refractivity contribution in [3.05, 3.63) is 59.2 Å². The smallest absolute Gasteiger partial charge is 0.240 e. The van der Waals surface area contributed by atoms with E-state index in [1.807, 2.05) is 36.9 Å². The summed E-state index contributed by atoms with van der Waals surface area (Å²) < 4.78 is 28.1. The minimum atomic E-state index is -3.57. The van der Waals surface area contributed by atoms with Gasteiger partial charge in [0.2, 0.25) is 15.9 Å². The van der Waals surface area contributed by atoms with Gasteiger partial charge in [0.25, 0.3) is 0 Å². The molecule has 2 aliphatic rings. The van der Waals surface area contributed by atoms with Crippen molar-refractivity contribution in [2.45, 2.75) is 50.5 Å². The molecule has 2 aromatic carbocycles. The normalized spacial score (nSPS) is 18.9. The fourth-order valence-corrected chi connectivity index (χ4v) is 5.00. The Morgan fingerprint density at radius 2 is 1.96 bits per heavy atom. The number of anilines is 1. The Bertz CT molecular complexity index is 1010. The zero-order valence-corrected chi connectivity index (χ0v) is 17.1. The number of rotatable bonds is 6. The lowest BCUT2D eigenvalue weighted by Crippen LogP contribution is -2.36. The first-order valence-electron chi connectivity index (χ1n) is 9.86. The Labute approximate surface area is 166 Å². The van der Waals surface area contributed by atoms with E-state index >= 15 is 0 Å². The van der Waals surface area contributed by atoms with E-state index in [-0.39, 0.29) is 22.8 Å². The summed E-state index contributed by atoms with van der Waals surface area (Å²) in [6, 6.07) is 13.3. The minimum Gasteiger partial charge on any atom is -0.309 e. The molecule has 6 heteroatoms. The molecule has 1 aliphatic heterocycles. The zero-order chi connectivity index (χ0) is 19.9. The molecule has 5 nitrogen and oxygen atoms in total. The molecular weight excluding hydrogens is 372 g/mol. The van der Waals surface area contributed by atoms with Crippen LogP contribution in [0.4, 0.5) is 5.69 Å². The summed E-state index contributed by atoms with van der Waals surface area (Å²) >= 11 is 0. The van der Waals surface area contributed by atoms with Gasteiger partial charge in [0.15, 0.2) is 0 Å². The summed E-state index contributed by atoms with van der Waals surface area (Å²) in [4.78, 5) is 14.7. The van der Waals surface area contributed by atoms with Crippen LogP contribution in [0.2, 0.25) is 0 Å². The Kier molecular flexibility index (Phi) is 5.02. The van der Waals surface area contributed by atoms with Crippen LogP contribution < -0.4 is 9.62 Å². The summed E-state index contributed by atoms with van der Waals surface area (Å²) in [5, 5.41) is 0. The van der Waals surface area contributed by atoms with E-state index in [9.17, 15) is 13.2 Å². The van der Waals surface area contributed by atoms with E-state index < -0.39 is 10.0 Å². The largest absolute Gasteiger partial charge is 0.309 e. The molecule has 4 rings (SSSR count). The van der Waals surface area contributed by atoms with Crippen LogP contribution in [0.3, 0.4) is 0 Å². The maximum atomic E-state index is 12.7. The average molecular weight is 399 g/mol. The number of hydrogen-bond donors (Lipinski definition) is 1. The predicted octanol–water partition coefficient (Wildman–Crippen LogP) is 3.20. The van der Waals surface area contributed by atoms with E-state index in [4.69, 9.17) is 0 Å². The summed E-state index contributed by atoms with van der Waals surface area (Å²) in [5.74, 6) is 0.332. The van der Waals surface area contributed by atoms with Gasteiger partial charge in [0, 0.05) is 24.2 Å². The quantitative estimate of drug-likeness (QED) is 0.813. The van der Waals surface area contributed by atoms with Crippen LogP contribution in [0.5, 0.6) is 0 Å². The van der Waals surface area contributed by atoms with Crippen molar-refractivity contribution in [2.24, 2.45) is 5.92 Å². The number of sulfonamides is 1. The lowest BCUT2D eigenvalue weighted by Gasteiger charge is -2.22. The Morgan fingerprint density at radius 1 is 1.18 bits per heavy atom. The van der Waals surface area contributed by atoms with Gasteiger partial charge in [-0.3, -0.25) is 4.79 Å². The SMILES string of the molecule is Cc1cccc(CCNS(=O)(=O)c2ccc3c(c2)C[C@@H](C)N3C(=O)C2CC2)c1. The second-order valence-corrected chi connectivity index (χ2v) is 9.73. The van der Waals surface area contributed by atoms with Crippen LogP contribution in [0.25, 0.3) is 0 Å². The van der Waals surface area contributed by atoms with E-state index in [0.29, 0.717) is 19.4 Å². The van der Waals surface area contributed by atoms with Crippen LogP contribution in [0.15, 0.2) is 47.4 Å². The first-order valence-corrected chi connectivity index (χ1v) is 11.3. The van der Waals surface area contributed by atoms with Crippen LogP contribution in [0, 0.1) is 12.8 Å². The molecule has 1 atom stereocenters. The van der Waals surface area contributed by atoms with Crippen LogP contribution in [-0.4, -0.2) is 26.9 Å². The second-order valence-electron chi connectivity index (χ2n) is 7.96. The van der Waals surface area contributed by atoms with Gasteiger partial charge in [0.05, 0.1) is 4.90 Å². The van der Waals surface area contributed by atoms with E-state index in [0.717, 1.165) is 29.7 Å². The Balaban J connectivity index is 1.47. The molecule has 2 aromatic rings. The number of aryl methyl sites for hydroxylation is 1. The van der Waals surface area contributed by atoms with E-state index in [1.165, 1.54) is 5.56 Å². The highest BCUT2D eigenvalue weighted by atomic mass is 32.2. The first kappa shape index (κ1) is 19.2. The van der Waals surface area contributed by atoms with Crippen molar-refractivity contribution in [3.63, 3.8) is 0 Å². The highest BCUT2D eigenvalue weighted by molar-refractivity contribution is 7.89. The third-order valence-corrected chi connectivity index (χ3v) is 6.99. The van der Waals surface area contributed by atoms with Crippen molar-refractivity contribution < 1.29 is 13.2 Å². The van der Waals surface area contributed by atoms with E-state index in [1.54, 1.807) is 18.2 Å². The maximum absolute atomic E-state index is 12.7. The summed E-state index contributed by atoms with van der Waals surface area (Å²) in [5.41, 5.74) is 4.07. The van der Waals surface area contributed by atoms with Gasteiger partial charge in [-0.05, 0) is 68.9 Å². The topological polar surface area (TPSA) is 66.5 Å². The lowest BCUT2D eigenvalue weighted by atomic mass is 10.1. The molecule has 1 saturated carbocycles. The number of hydrogen-bond acceptors (Lipinski definition) is 3. The first-order chi connectivity index (χ1) is 13.3. The molecule has 0 saturated heterocycles. The lowest BCUT2D eigenvalue weighted by molar-refractivity contribution is -0.120. The predicted molar refractivity (Wildman–Crippen MR) is 110 cm³/mol. The van der Waals surface area contributed by atoms with Crippen LogP contribution in [0.1, 0.15) is 36.5 Å². The number of amides is 1. The van der Waals surface area contributed by atoms with Gasteiger partial charge in [-0.15, -0.1) is 0 Å². The molecule has 1 N–H and O–H groups in total. The molecular formula is C22H26N2O3S. The minimum absolute atomic E-state index is 0.0790. The summed E-state index contributed by atoms with van der Waals surface area (Å²) in [6.45, 7) is 4.40. The number of nitrogens with zero attached hydrogens (tertiary/aromatic N) is 1. The number of carbonyl (C=O) groups is 1. The van der Waals surface area contributed by atoms with Gasteiger partial charge in [-0.2, -0.15) is 0 Å². The van der Waals surface area contributed by atoms with Gasteiger partial charge >= 0.3 is 0 Å². The maximum Gasteiger partial charge on any atom is 0.240 e. The molecule has 28 heavy (non-hydrogen) atoms. The van der Waals surface area contributed by atoms with Crippen molar-refractivity contribution in [1.29, 1.82) is 0 Å².